The molecule has 0 radical (unpaired) electrons. The maximum atomic E-state index is 12.2. The molecule has 1 aliphatic rings. The van der Waals surface area contributed by atoms with Crippen LogP contribution in [0.2, 0.25) is 0 Å². The van der Waals surface area contributed by atoms with E-state index in [9.17, 15) is 4.79 Å². The van der Waals surface area contributed by atoms with Crippen molar-refractivity contribution in [3.8, 4) is 0 Å². The van der Waals surface area contributed by atoms with Crippen LogP contribution in [0.1, 0.15) is 16.3 Å². The van der Waals surface area contributed by atoms with Crippen LogP contribution in [0.4, 0.5) is 0 Å². The van der Waals surface area contributed by atoms with Crippen LogP contribution in [0, 0.1) is 0 Å². The van der Waals surface area contributed by atoms with Crippen molar-refractivity contribution in [2.45, 2.75) is 19.3 Å². The molecule has 0 saturated carbocycles. The van der Waals surface area contributed by atoms with Crippen molar-refractivity contribution in [2.24, 2.45) is 0 Å². The fourth-order valence-electron chi connectivity index (χ4n) is 2.43. The monoisotopic (exact) mass is 317 g/mol. The number of hydrogen-bond acceptors (Lipinski definition) is 5. The number of hydrogen-bond donors (Lipinski definition) is 0. The highest BCUT2D eigenvalue weighted by molar-refractivity contribution is 7.09. The van der Waals surface area contributed by atoms with Crippen LogP contribution in [0.15, 0.2) is 29.9 Å². The summed E-state index contributed by atoms with van der Waals surface area (Å²) < 4.78 is 5.27. The fraction of sp³-hybridized carbons (Fsp3) is 0.438. The first-order chi connectivity index (χ1) is 10.8. The number of morpholine rings is 1. The second-order valence-electron chi connectivity index (χ2n) is 5.26. The Hall–Kier alpha value is -1.79. The highest BCUT2D eigenvalue weighted by Crippen LogP contribution is 2.14. The van der Waals surface area contributed by atoms with Gasteiger partial charge >= 0.3 is 0 Å². The van der Waals surface area contributed by atoms with Gasteiger partial charge in [-0.05, 0) is 24.1 Å². The summed E-state index contributed by atoms with van der Waals surface area (Å²) in [6.07, 6.45) is 5.87. The lowest BCUT2D eigenvalue weighted by Gasteiger charge is -2.26. The SMILES string of the molecule is O=C(Cc1csc(CCc2ccncc2)n1)N1CCOCC1. The van der Waals surface area contributed by atoms with Crippen LogP contribution in [-0.4, -0.2) is 47.1 Å². The van der Waals surface area contributed by atoms with E-state index < -0.39 is 0 Å². The molecule has 0 atom stereocenters. The van der Waals surface area contributed by atoms with Gasteiger partial charge in [0.15, 0.2) is 0 Å². The predicted octanol–water partition coefficient (Wildman–Crippen LogP) is 1.72. The standard InChI is InChI=1S/C16H19N3O2S/c20-16(19-7-9-21-10-8-19)11-14-12-22-15(18-14)2-1-13-3-5-17-6-4-13/h3-6,12H,1-2,7-11H2. The van der Waals surface area contributed by atoms with Crippen molar-refractivity contribution in [3.05, 3.63) is 46.2 Å². The zero-order chi connectivity index (χ0) is 15.2. The molecule has 0 aromatic carbocycles. The second-order valence-corrected chi connectivity index (χ2v) is 6.20. The Morgan fingerprint density at radius 2 is 2.00 bits per heavy atom. The molecule has 0 bridgehead atoms. The first kappa shape index (κ1) is 15.1. The zero-order valence-corrected chi connectivity index (χ0v) is 13.2. The van der Waals surface area contributed by atoms with Gasteiger partial charge in [0.1, 0.15) is 0 Å². The van der Waals surface area contributed by atoms with E-state index in [1.54, 1.807) is 11.3 Å². The molecule has 2 aromatic heterocycles. The van der Waals surface area contributed by atoms with Crippen LogP contribution in [0.3, 0.4) is 0 Å². The van der Waals surface area contributed by atoms with Gasteiger partial charge in [0.25, 0.3) is 0 Å². The third-order valence-electron chi connectivity index (χ3n) is 3.67. The molecule has 6 heteroatoms. The van der Waals surface area contributed by atoms with E-state index >= 15 is 0 Å². The van der Waals surface area contributed by atoms with Crippen molar-refractivity contribution < 1.29 is 9.53 Å². The number of pyridine rings is 1. The molecular formula is C16H19N3O2S. The number of carbonyl (C=O) groups is 1. The van der Waals surface area contributed by atoms with Crippen molar-refractivity contribution in [1.29, 1.82) is 0 Å². The Morgan fingerprint density at radius 1 is 1.23 bits per heavy atom. The van der Waals surface area contributed by atoms with Gasteiger partial charge in [-0.15, -0.1) is 11.3 Å². The average Bonchev–Trinajstić information content (AvgIpc) is 3.02. The van der Waals surface area contributed by atoms with E-state index in [0.717, 1.165) is 23.5 Å². The van der Waals surface area contributed by atoms with Gasteiger partial charge in [-0.2, -0.15) is 0 Å². The van der Waals surface area contributed by atoms with Crippen LogP contribution in [-0.2, 0) is 28.8 Å². The van der Waals surface area contributed by atoms with Gasteiger partial charge in [0.05, 0.1) is 30.3 Å². The number of aromatic nitrogens is 2. The summed E-state index contributed by atoms with van der Waals surface area (Å²) in [6, 6.07) is 4.05. The average molecular weight is 317 g/mol. The molecule has 5 nitrogen and oxygen atoms in total. The Bertz CT molecular complexity index is 609. The molecule has 3 rings (SSSR count). The molecule has 2 aromatic rings. The number of nitrogens with zero attached hydrogens (tertiary/aromatic N) is 3. The lowest BCUT2D eigenvalue weighted by molar-refractivity contribution is -0.134. The minimum absolute atomic E-state index is 0.147. The Labute approximate surface area is 134 Å². The molecule has 0 unspecified atom stereocenters. The molecule has 22 heavy (non-hydrogen) atoms. The number of thiazole rings is 1. The maximum Gasteiger partial charge on any atom is 0.228 e. The molecule has 1 saturated heterocycles. The summed E-state index contributed by atoms with van der Waals surface area (Å²) in [4.78, 5) is 22.6. The number of ether oxygens (including phenoxy) is 1. The van der Waals surface area contributed by atoms with Crippen molar-refractivity contribution in [2.75, 3.05) is 26.3 Å². The van der Waals surface area contributed by atoms with Crippen LogP contribution < -0.4 is 0 Å². The lowest BCUT2D eigenvalue weighted by Crippen LogP contribution is -2.41. The van der Waals surface area contributed by atoms with Gasteiger partial charge in [0.2, 0.25) is 5.91 Å². The topological polar surface area (TPSA) is 55.3 Å². The summed E-state index contributed by atoms with van der Waals surface area (Å²) in [7, 11) is 0. The van der Waals surface area contributed by atoms with E-state index in [1.165, 1.54) is 5.56 Å². The quantitative estimate of drug-likeness (QED) is 0.843. The van der Waals surface area contributed by atoms with Crippen molar-refractivity contribution >= 4 is 17.2 Å². The fourth-order valence-corrected chi connectivity index (χ4v) is 3.22. The van der Waals surface area contributed by atoms with Crippen molar-refractivity contribution in [1.82, 2.24) is 14.9 Å². The number of aryl methyl sites for hydroxylation is 2. The molecule has 0 spiro atoms. The molecule has 3 heterocycles. The summed E-state index contributed by atoms with van der Waals surface area (Å²) in [6.45, 7) is 2.66. The second kappa shape index (κ2) is 7.47. The van der Waals surface area contributed by atoms with E-state index in [2.05, 4.69) is 9.97 Å². The number of carbonyl (C=O) groups excluding carboxylic acids is 1. The highest BCUT2D eigenvalue weighted by Gasteiger charge is 2.18. The van der Waals surface area contributed by atoms with E-state index in [0.29, 0.717) is 32.7 Å². The minimum Gasteiger partial charge on any atom is -0.378 e. The molecule has 1 fully saturated rings. The largest absolute Gasteiger partial charge is 0.378 e. The number of rotatable bonds is 5. The third-order valence-corrected chi connectivity index (χ3v) is 4.63. The van der Waals surface area contributed by atoms with Gasteiger partial charge in [-0.3, -0.25) is 9.78 Å². The van der Waals surface area contributed by atoms with Crippen LogP contribution in [0.25, 0.3) is 0 Å². The third kappa shape index (κ3) is 4.11. The Kier molecular flexibility index (Phi) is 5.13. The molecule has 116 valence electrons. The maximum absolute atomic E-state index is 12.2. The normalized spacial score (nSPS) is 15.0. The van der Waals surface area contributed by atoms with Gasteiger partial charge in [0, 0.05) is 37.3 Å². The molecule has 1 amide bonds. The zero-order valence-electron chi connectivity index (χ0n) is 12.4. The molecule has 1 aliphatic heterocycles. The summed E-state index contributed by atoms with van der Waals surface area (Å²) >= 11 is 1.64. The summed E-state index contributed by atoms with van der Waals surface area (Å²) in [5, 5.41) is 3.09. The van der Waals surface area contributed by atoms with Crippen LogP contribution in [0.5, 0.6) is 0 Å². The lowest BCUT2D eigenvalue weighted by atomic mass is 10.1. The predicted molar refractivity (Wildman–Crippen MR) is 84.9 cm³/mol. The molecule has 0 aliphatic carbocycles. The van der Waals surface area contributed by atoms with E-state index in [4.69, 9.17) is 4.74 Å². The number of amides is 1. The summed E-state index contributed by atoms with van der Waals surface area (Å²) in [5.41, 5.74) is 2.14. The Balaban J connectivity index is 1.51. The molecular weight excluding hydrogens is 298 g/mol. The van der Waals surface area contributed by atoms with Gasteiger partial charge in [-0.25, -0.2) is 4.98 Å². The van der Waals surface area contributed by atoms with Gasteiger partial charge in [-0.1, -0.05) is 0 Å². The molecule has 0 N–H and O–H groups in total. The highest BCUT2D eigenvalue weighted by atomic mass is 32.1. The first-order valence-corrected chi connectivity index (χ1v) is 8.37. The van der Waals surface area contributed by atoms with Crippen LogP contribution >= 0.6 is 11.3 Å². The van der Waals surface area contributed by atoms with Crippen molar-refractivity contribution in [3.63, 3.8) is 0 Å². The Morgan fingerprint density at radius 3 is 2.77 bits per heavy atom. The summed E-state index contributed by atoms with van der Waals surface area (Å²) in [5.74, 6) is 0.147. The minimum atomic E-state index is 0.147. The smallest absolute Gasteiger partial charge is 0.228 e. The van der Waals surface area contributed by atoms with Gasteiger partial charge < -0.3 is 9.64 Å². The van der Waals surface area contributed by atoms with E-state index in [-0.39, 0.29) is 5.91 Å². The first-order valence-electron chi connectivity index (χ1n) is 7.49. The van der Waals surface area contributed by atoms with E-state index in [1.807, 2.05) is 34.8 Å².